The lowest BCUT2D eigenvalue weighted by Crippen LogP contribution is -2.60. The van der Waals surface area contributed by atoms with Crippen molar-refractivity contribution in [2.75, 3.05) is 0 Å². The Kier molecular flexibility index (Phi) is 6.13. The predicted molar refractivity (Wildman–Crippen MR) is 111 cm³/mol. The first kappa shape index (κ1) is 23.6. The maximum atomic E-state index is 12.4. The van der Waals surface area contributed by atoms with Crippen LogP contribution in [-0.4, -0.2) is 17.9 Å². The molecule has 180 valence electrons. The monoisotopic (exact) mass is 445 g/mol. The van der Waals surface area contributed by atoms with Crippen molar-refractivity contribution < 1.29 is 29.7 Å². The molecule has 0 bridgehead atoms. The number of hydrogen-bond acceptors (Lipinski definition) is 6. The Balaban J connectivity index is 1.61. The van der Waals surface area contributed by atoms with Crippen LogP contribution < -0.4 is 15.3 Å². The Morgan fingerprint density at radius 2 is 1.53 bits per heavy atom. The third-order valence-electron chi connectivity index (χ3n) is 10.9. The Labute approximate surface area is 191 Å². The Hall–Kier alpha value is -1.59. The SMILES string of the molecule is C[C@@H](CCC(=O)[O-])[C@H]1CC[C@@H]2[C@@H]3[C@@H](CC[C@@]21C)[C@@]1(C)CC[C@@H](C(=O)[O-])C[C@H]1C[C@H]3C(=O)[O-]. The molecule has 6 nitrogen and oxygen atoms in total. The molecule has 0 heterocycles. The molecule has 0 radical (unpaired) electrons. The molecule has 32 heavy (non-hydrogen) atoms. The molecule has 0 unspecified atom stereocenters. The Bertz CT molecular complexity index is 778. The minimum absolute atomic E-state index is 0.0194. The highest BCUT2D eigenvalue weighted by atomic mass is 16.4. The molecule has 0 aromatic heterocycles. The molecule has 6 heteroatoms. The van der Waals surface area contributed by atoms with E-state index in [0.29, 0.717) is 37.5 Å². The first-order valence-electron chi connectivity index (χ1n) is 12.6. The highest BCUT2D eigenvalue weighted by Gasteiger charge is 2.63. The van der Waals surface area contributed by atoms with Crippen molar-refractivity contribution in [3.05, 3.63) is 0 Å². The number of fused-ring (bicyclic) bond motifs is 5. The number of carbonyl (C=O) groups is 3. The summed E-state index contributed by atoms with van der Waals surface area (Å²) in [4.78, 5) is 34.9. The first-order valence-corrected chi connectivity index (χ1v) is 12.6. The van der Waals surface area contributed by atoms with Crippen molar-refractivity contribution in [1.29, 1.82) is 0 Å². The molecule has 4 rings (SSSR count). The van der Waals surface area contributed by atoms with Crippen LogP contribution in [0.5, 0.6) is 0 Å². The van der Waals surface area contributed by atoms with Gasteiger partial charge in [-0.25, -0.2) is 0 Å². The van der Waals surface area contributed by atoms with Gasteiger partial charge in [0.15, 0.2) is 0 Å². The molecule has 4 fully saturated rings. The van der Waals surface area contributed by atoms with E-state index in [1.54, 1.807) is 0 Å². The van der Waals surface area contributed by atoms with Crippen LogP contribution in [0.3, 0.4) is 0 Å². The third-order valence-corrected chi connectivity index (χ3v) is 10.9. The van der Waals surface area contributed by atoms with Crippen LogP contribution in [0, 0.1) is 58.2 Å². The smallest absolute Gasteiger partial charge is 0.0448 e. The molecular formula is C26H37O6-3. The summed E-state index contributed by atoms with van der Waals surface area (Å²) >= 11 is 0. The van der Waals surface area contributed by atoms with Gasteiger partial charge in [-0.15, -0.1) is 0 Å². The van der Waals surface area contributed by atoms with Crippen molar-refractivity contribution in [3.63, 3.8) is 0 Å². The van der Waals surface area contributed by atoms with E-state index >= 15 is 0 Å². The van der Waals surface area contributed by atoms with E-state index < -0.39 is 29.7 Å². The van der Waals surface area contributed by atoms with Gasteiger partial charge >= 0.3 is 0 Å². The molecule has 0 aromatic carbocycles. The first-order chi connectivity index (χ1) is 15.0. The van der Waals surface area contributed by atoms with Crippen LogP contribution >= 0.6 is 0 Å². The van der Waals surface area contributed by atoms with Gasteiger partial charge in [-0.1, -0.05) is 20.8 Å². The second-order valence-electron chi connectivity index (χ2n) is 12.1. The molecule has 0 saturated heterocycles. The zero-order chi connectivity index (χ0) is 23.4. The van der Waals surface area contributed by atoms with Crippen LogP contribution in [-0.2, 0) is 14.4 Å². The zero-order valence-electron chi connectivity index (χ0n) is 19.6. The maximum absolute atomic E-state index is 12.4. The average molecular weight is 446 g/mol. The van der Waals surface area contributed by atoms with Gasteiger partial charge in [0.05, 0.1) is 0 Å². The number of carbonyl (C=O) groups excluding carboxylic acids is 3. The van der Waals surface area contributed by atoms with Gasteiger partial charge in [0, 0.05) is 23.8 Å². The van der Waals surface area contributed by atoms with Crippen molar-refractivity contribution in [2.24, 2.45) is 58.2 Å². The van der Waals surface area contributed by atoms with Crippen LogP contribution in [0.2, 0.25) is 0 Å². The van der Waals surface area contributed by atoms with Gasteiger partial charge in [-0.3, -0.25) is 0 Å². The summed E-state index contributed by atoms with van der Waals surface area (Å²) < 4.78 is 0. The fourth-order valence-corrected chi connectivity index (χ4v) is 9.25. The molecule has 0 amide bonds. The largest absolute Gasteiger partial charge is 0.550 e. The Morgan fingerprint density at radius 1 is 0.875 bits per heavy atom. The maximum Gasteiger partial charge on any atom is 0.0448 e. The van der Waals surface area contributed by atoms with Crippen LogP contribution in [0.15, 0.2) is 0 Å². The molecular weight excluding hydrogens is 408 g/mol. The van der Waals surface area contributed by atoms with Crippen LogP contribution in [0.1, 0.15) is 85.0 Å². The lowest BCUT2D eigenvalue weighted by atomic mass is 9.41. The number of hydrogen-bond donors (Lipinski definition) is 0. The lowest BCUT2D eigenvalue weighted by molar-refractivity contribution is -0.321. The summed E-state index contributed by atoms with van der Waals surface area (Å²) in [6, 6.07) is 0. The molecule has 0 N–H and O–H groups in total. The van der Waals surface area contributed by atoms with Gasteiger partial charge < -0.3 is 29.7 Å². The van der Waals surface area contributed by atoms with Gasteiger partial charge in [0.2, 0.25) is 0 Å². The normalized spacial score (nSPS) is 46.4. The predicted octanol–water partition coefficient (Wildman–Crippen LogP) is 1.15. The summed E-state index contributed by atoms with van der Waals surface area (Å²) in [6.07, 6.45) is 7.18. The number of carboxylic acid groups (broad SMARTS) is 3. The van der Waals surface area contributed by atoms with Gasteiger partial charge in [0.25, 0.3) is 0 Å². The number of rotatable bonds is 6. The summed E-state index contributed by atoms with van der Waals surface area (Å²) in [5.74, 6) is -2.57. The summed E-state index contributed by atoms with van der Waals surface area (Å²) in [5, 5.41) is 34.9. The van der Waals surface area contributed by atoms with Crippen molar-refractivity contribution in [1.82, 2.24) is 0 Å². The Morgan fingerprint density at radius 3 is 2.16 bits per heavy atom. The molecule has 4 aliphatic rings. The average Bonchev–Trinajstić information content (AvgIpc) is 3.07. The molecule has 0 aromatic rings. The van der Waals surface area contributed by atoms with Gasteiger partial charge in [-0.2, -0.15) is 0 Å². The lowest BCUT2D eigenvalue weighted by Gasteiger charge is -2.64. The van der Waals surface area contributed by atoms with E-state index in [1.165, 1.54) is 0 Å². The van der Waals surface area contributed by atoms with Crippen molar-refractivity contribution in [2.45, 2.75) is 85.0 Å². The van der Waals surface area contributed by atoms with E-state index in [4.69, 9.17) is 0 Å². The molecule has 4 saturated carbocycles. The highest BCUT2D eigenvalue weighted by molar-refractivity contribution is 5.69. The van der Waals surface area contributed by atoms with E-state index in [1.807, 2.05) is 0 Å². The summed E-state index contributed by atoms with van der Waals surface area (Å²) in [7, 11) is 0. The third kappa shape index (κ3) is 3.66. The van der Waals surface area contributed by atoms with E-state index in [-0.39, 0.29) is 40.9 Å². The molecule has 0 spiro atoms. The molecule has 4 aliphatic carbocycles. The fraction of sp³-hybridized carbons (Fsp3) is 0.885. The number of carboxylic acids is 3. The minimum atomic E-state index is -1.00. The summed E-state index contributed by atoms with van der Waals surface area (Å²) in [5.41, 5.74) is -0.00578. The standard InChI is InChI=1S/C26H40O6/c1-14(4-7-21(27)28)18-5-6-19-22-17(24(31)32)13-16-12-15(23(29)30)8-10-25(16,2)20(22)9-11-26(18,19)3/h14-20,22H,4-13H2,1-3H3,(H,27,28)(H,29,30)(H,31,32)/p-3/t14-,15+,16-,17+,18+,19+,20+,22+,25-,26+/m0/s1. The van der Waals surface area contributed by atoms with E-state index in [0.717, 1.165) is 32.1 Å². The van der Waals surface area contributed by atoms with Crippen LogP contribution in [0.4, 0.5) is 0 Å². The molecule has 0 aliphatic heterocycles. The second-order valence-corrected chi connectivity index (χ2v) is 12.1. The van der Waals surface area contributed by atoms with Crippen LogP contribution in [0.25, 0.3) is 0 Å². The quantitative estimate of drug-likeness (QED) is 0.605. The van der Waals surface area contributed by atoms with E-state index in [9.17, 15) is 29.7 Å². The van der Waals surface area contributed by atoms with E-state index in [2.05, 4.69) is 20.8 Å². The zero-order valence-corrected chi connectivity index (χ0v) is 19.6. The molecule has 10 atom stereocenters. The van der Waals surface area contributed by atoms with Gasteiger partial charge in [-0.05, 0) is 116 Å². The van der Waals surface area contributed by atoms with Crippen molar-refractivity contribution in [3.8, 4) is 0 Å². The summed E-state index contributed by atoms with van der Waals surface area (Å²) in [6.45, 7) is 6.74. The van der Waals surface area contributed by atoms with Crippen molar-refractivity contribution >= 4 is 17.9 Å². The highest BCUT2D eigenvalue weighted by Crippen LogP contribution is 2.69. The fourth-order valence-electron chi connectivity index (χ4n) is 9.25. The second kappa shape index (κ2) is 8.32. The van der Waals surface area contributed by atoms with Gasteiger partial charge in [0.1, 0.15) is 0 Å². The minimum Gasteiger partial charge on any atom is -0.550 e. The topological polar surface area (TPSA) is 120 Å². The number of aliphatic carboxylic acids is 3.